The molecular weight excluding hydrogens is 150 g/mol. The van der Waals surface area contributed by atoms with E-state index < -0.39 is 11.8 Å². The lowest BCUT2D eigenvalue weighted by Crippen LogP contribution is -2.26. The highest BCUT2D eigenvalue weighted by Crippen LogP contribution is 1.96. The van der Waals surface area contributed by atoms with E-state index >= 15 is 0 Å². The molecule has 58 valence electrons. The lowest BCUT2D eigenvalue weighted by molar-refractivity contribution is -0.256. The predicted octanol–water partition coefficient (Wildman–Crippen LogP) is -2.60. The molecule has 0 spiro atoms. The first-order valence-corrected chi connectivity index (χ1v) is 2.58. The molecule has 7 heteroatoms. The molecule has 0 saturated carbocycles. The van der Waals surface area contributed by atoms with Crippen LogP contribution in [0, 0.1) is 0 Å². The maximum Gasteiger partial charge on any atom is 0.225 e. The van der Waals surface area contributed by atoms with Gasteiger partial charge in [-0.25, -0.2) is 0 Å². The molecule has 7 nitrogen and oxygen atoms in total. The molecule has 0 aliphatic heterocycles. The van der Waals surface area contributed by atoms with E-state index in [1.165, 1.54) is 0 Å². The van der Waals surface area contributed by atoms with Gasteiger partial charge in [0.15, 0.2) is 5.82 Å². The topological polar surface area (TPSA) is 131 Å². The molecule has 0 aliphatic carbocycles. The molecular formula is C4H4N5O2-. The van der Waals surface area contributed by atoms with E-state index in [9.17, 15) is 9.90 Å². The first kappa shape index (κ1) is 7.19. The Hall–Kier alpha value is -1.92. The van der Waals surface area contributed by atoms with E-state index in [-0.39, 0.29) is 11.9 Å². The Balaban J connectivity index is 3.19. The Morgan fingerprint density at radius 3 is 2.00 bits per heavy atom. The third kappa shape index (κ3) is 1.51. The molecule has 0 atom stereocenters. The summed E-state index contributed by atoms with van der Waals surface area (Å²) >= 11 is 0. The molecule has 0 amide bonds. The van der Waals surface area contributed by atoms with Gasteiger partial charge in [0.25, 0.3) is 0 Å². The summed E-state index contributed by atoms with van der Waals surface area (Å²) in [7, 11) is 0. The molecule has 1 heterocycles. The predicted molar refractivity (Wildman–Crippen MR) is 33.0 cm³/mol. The van der Waals surface area contributed by atoms with E-state index in [4.69, 9.17) is 11.5 Å². The van der Waals surface area contributed by atoms with Crippen molar-refractivity contribution in [3.63, 3.8) is 0 Å². The van der Waals surface area contributed by atoms with Crippen LogP contribution in [0.2, 0.25) is 0 Å². The molecule has 1 rings (SSSR count). The van der Waals surface area contributed by atoms with E-state index in [1.807, 2.05) is 0 Å². The Morgan fingerprint density at radius 2 is 1.64 bits per heavy atom. The Kier molecular flexibility index (Phi) is 1.55. The van der Waals surface area contributed by atoms with Gasteiger partial charge in [-0.05, 0) is 0 Å². The minimum atomic E-state index is -1.54. The number of hydrogen-bond acceptors (Lipinski definition) is 7. The highest BCUT2D eigenvalue weighted by Gasteiger charge is 2.00. The van der Waals surface area contributed by atoms with Crippen LogP contribution < -0.4 is 16.6 Å². The number of carbonyl (C=O) groups is 1. The van der Waals surface area contributed by atoms with Gasteiger partial charge in [0.05, 0.1) is 0 Å². The minimum Gasteiger partial charge on any atom is -0.541 e. The van der Waals surface area contributed by atoms with Crippen LogP contribution >= 0.6 is 0 Å². The molecule has 0 radical (unpaired) electrons. The molecule has 0 fully saturated rings. The van der Waals surface area contributed by atoms with Crippen LogP contribution in [0.15, 0.2) is 0 Å². The highest BCUT2D eigenvalue weighted by molar-refractivity contribution is 5.81. The van der Waals surface area contributed by atoms with Crippen molar-refractivity contribution in [1.82, 2.24) is 15.0 Å². The van der Waals surface area contributed by atoms with Crippen molar-refractivity contribution in [3.8, 4) is 0 Å². The minimum absolute atomic E-state index is 0.239. The zero-order chi connectivity index (χ0) is 8.43. The lowest BCUT2D eigenvalue weighted by atomic mass is 10.6. The van der Waals surface area contributed by atoms with Crippen molar-refractivity contribution in [1.29, 1.82) is 0 Å². The van der Waals surface area contributed by atoms with Gasteiger partial charge in [-0.3, -0.25) is 0 Å². The zero-order valence-electron chi connectivity index (χ0n) is 5.31. The Morgan fingerprint density at radius 1 is 1.18 bits per heavy atom. The highest BCUT2D eigenvalue weighted by atomic mass is 16.4. The smallest absolute Gasteiger partial charge is 0.225 e. The van der Waals surface area contributed by atoms with Gasteiger partial charge in [-0.2, -0.15) is 15.0 Å². The van der Waals surface area contributed by atoms with Crippen LogP contribution in [0.5, 0.6) is 0 Å². The standard InChI is InChI=1S/C4H5N5O2/c5-3-7-1(2(10)11)8-4(6)9-3/h(H,10,11)(H4,5,6,7,8,9)/p-1. The molecule has 0 unspecified atom stereocenters. The molecule has 1 aromatic rings. The number of rotatable bonds is 1. The van der Waals surface area contributed by atoms with Gasteiger partial charge in [0.2, 0.25) is 11.9 Å². The SMILES string of the molecule is Nc1nc(N)nc(C(=O)[O-])n1. The molecule has 4 N–H and O–H groups in total. The second-order valence-corrected chi connectivity index (χ2v) is 1.66. The average Bonchev–Trinajstić information content (AvgIpc) is 1.85. The lowest BCUT2D eigenvalue weighted by Gasteiger charge is -2.00. The number of hydrogen-bond donors (Lipinski definition) is 2. The van der Waals surface area contributed by atoms with Crippen molar-refractivity contribution < 1.29 is 9.90 Å². The summed E-state index contributed by atoms with van der Waals surface area (Å²) in [4.78, 5) is 20.0. The van der Waals surface area contributed by atoms with Crippen molar-refractivity contribution in [2.45, 2.75) is 0 Å². The first-order valence-electron chi connectivity index (χ1n) is 2.58. The molecule has 0 bridgehead atoms. The Labute approximate surface area is 61.1 Å². The summed E-state index contributed by atoms with van der Waals surface area (Å²) in [5.74, 6) is -2.57. The van der Waals surface area contributed by atoms with Crippen LogP contribution in [0.25, 0.3) is 0 Å². The third-order valence-electron chi connectivity index (χ3n) is 0.853. The summed E-state index contributed by atoms with van der Waals surface area (Å²) in [5, 5.41) is 10.1. The molecule has 0 aromatic carbocycles. The normalized spacial score (nSPS) is 9.45. The summed E-state index contributed by atoms with van der Waals surface area (Å²) < 4.78 is 0. The average molecular weight is 154 g/mol. The van der Waals surface area contributed by atoms with Crippen molar-refractivity contribution in [3.05, 3.63) is 5.82 Å². The zero-order valence-corrected chi connectivity index (χ0v) is 5.31. The molecule has 0 saturated heterocycles. The van der Waals surface area contributed by atoms with E-state index in [1.54, 1.807) is 0 Å². The number of nitrogens with zero attached hydrogens (tertiary/aromatic N) is 3. The largest absolute Gasteiger partial charge is 0.541 e. The van der Waals surface area contributed by atoms with Crippen molar-refractivity contribution in [2.24, 2.45) is 0 Å². The first-order chi connectivity index (χ1) is 5.09. The number of carboxylic acid groups (broad SMARTS) is 1. The van der Waals surface area contributed by atoms with Crippen molar-refractivity contribution >= 4 is 17.9 Å². The van der Waals surface area contributed by atoms with Crippen LogP contribution in [0.3, 0.4) is 0 Å². The molecule has 1 aromatic heterocycles. The molecule has 11 heavy (non-hydrogen) atoms. The van der Waals surface area contributed by atoms with Crippen LogP contribution in [0.1, 0.15) is 10.6 Å². The number of carboxylic acids is 1. The summed E-state index contributed by atoms with van der Waals surface area (Å²) in [6.45, 7) is 0. The third-order valence-corrected chi connectivity index (χ3v) is 0.853. The second-order valence-electron chi connectivity index (χ2n) is 1.66. The fraction of sp³-hybridized carbons (Fsp3) is 0. The van der Waals surface area contributed by atoms with Gasteiger partial charge < -0.3 is 21.4 Å². The number of anilines is 2. The van der Waals surface area contributed by atoms with Gasteiger partial charge in [-0.1, -0.05) is 0 Å². The van der Waals surface area contributed by atoms with Crippen LogP contribution in [0.4, 0.5) is 11.9 Å². The summed E-state index contributed by atoms with van der Waals surface area (Å²) in [6.07, 6.45) is 0. The van der Waals surface area contributed by atoms with E-state index in [0.29, 0.717) is 0 Å². The summed E-state index contributed by atoms with van der Waals surface area (Å²) in [5.41, 5.74) is 10.1. The fourth-order valence-corrected chi connectivity index (χ4v) is 0.501. The van der Waals surface area contributed by atoms with Gasteiger partial charge >= 0.3 is 0 Å². The van der Waals surface area contributed by atoms with Gasteiger partial charge in [-0.15, -0.1) is 0 Å². The molecule has 0 aliphatic rings. The number of aromatic nitrogens is 3. The van der Waals surface area contributed by atoms with Gasteiger partial charge in [0, 0.05) is 0 Å². The maximum absolute atomic E-state index is 10.1. The number of nitrogens with two attached hydrogens (primary N) is 2. The second kappa shape index (κ2) is 2.37. The van der Waals surface area contributed by atoms with E-state index in [0.717, 1.165) is 0 Å². The monoisotopic (exact) mass is 154 g/mol. The van der Waals surface area contributed by atoms with Gasteiger partial charge in [0.1, 0.15) is 5.97 Å². The van der Waals surface area contributed by atoms with Crippen molar-refractivity contribution in [2.75, 3.05) is 11.5 Å². The summed E-state index contributed by atoms with van der Waals surface area (Å²) in [6, 6.07) is 0. The number of carbonyl (C=O) groups excluding carboxylic acids is 1. The van der Waals surface area contributed by atoms with E-state index in [2.05, 4.69) is 15.0 Å². The Bertz CT molecular complexity index is 278. The van der Waals surface area contributed by atoms with Crippen LogP contribution in [-0.2, 0) is 0 Å². The number of aromatic carboxylic acids is 1. The fourth-order valence-electron chi connectivity index (χ4n) is 0.501. The van der Waals surface area contributed by atoms with Crippen LogP contribution in [-0.4, -0.2) is 20.9 Å². The maximum atomic E-state index is 10.1. The number of nitrogen functional groups attached to an aromatic ring is 2. The quantitative estimate of drug-likeness (QED) is 0.453.